The molecule has 0 saturated carbocycles. The van der Waals surface area contributed by atoms with Crippen LogP contribution in [-0.4, -0.2) is 10.2 Å². The first-order valence-electron chi connectivity index (χ1n) is 15.2. The van der Waals surface area contributed by atoms with Gasteiger partial charge in [0.05, 0.1) is 0 Å². The van der Waals surface area contributed by atoms with Gasteiger partial charge in [-0.25, -0.2) is 4.39 Å². The van der Waals surface area contributed by atoms with Crippen molar-refractivity contribution < 1.29 is 14.6 Å². The van der Waals surface area contributed by atoms with E-state index in [0.717, 1.165) is 58.8 Å². The Morgan fingerprint density at radius 2 is 1.33 bits per heavy atom. The first-order chi connectivity index (χ1) is 20.9. The molecule has 0 amide bonds. The van der Waals surface area contributed by atoms with Crippen LogP contribution in [0.5, 0.6) is 5.75 Å². The zero-order valence-corrected chi connectivity index (χ0v) is 25.9. The number of hydrogen-bond donors (Lipinski definition) is 2. The number of halogens is 1. The van der Waals surface area contributed by atoms with E-state index in [1.54, 1.807) is 0 Å². The van der Waals surface area contributed by atoms with Crippen LogP contribution in [-0.2, 0) is 18.0 Å². The maximum Gasteiger partial charge on any atom is 0.123 e. The lowest BCUT2D eigenvalue weighted by molar-refractivity contribution is 0.221. The molecule has 5 rings (SSSR count). The highest BCUT2D eigenvalue weighted by Crippen LogP contribution is 2.52. The molecule has 2 N–H and O–H groups in total. The molecule has 0 aliphatic carbocycles. The van der Waals surface area contributed by atoms with Crippen LogP contribution in [0, 0.1) is 5.82 Å². The highest BCUT2D eigenvalue weighted by atomic mass is 31.1. The molecule has 5 aromatic rings. The summed E-state index contributed by atoms with van der Waals surface area (Å²) in [5, 5.41) is 24.0. The van der Waals surface area contributed by atoms with Crippen molar-refractivity contribution in [3.63, 3.8) is 0 Å². The summed E-state index contributed by atoms with van der Waals surface area (Å²) in [7, 11) is 0.221. The van der Waals surface area contributed by atoms with Gasteiger partial charge in [0.15, 0.2) is 0 Å². The number of hydrogen-bond acceptors (Lipinski definition) is 2. The minimum atomic E-state index is -0.942. The van der Waals surface area contributed by atoms with E-state index in [1.165, 1.54) is 17.7 Å². The number of phenols is 1. The average molecular weight is 591 g/mol. The van der Waals surface area contributed by atoms with Gasteiger partial charge in [-0.2, -0.15) is 0 Å². The van der Waals surface area contributed by atoms with Gasteiger partial charge in [0.1, 0.15) is 17.7 Å². The zero-order chi connectivity index (χ0) is 30.2. The molecular weight excluding hydrogens is 550 g/mol. The lowest BCUT2D eigenvalue weighted by Crippen LogP contribution is -2.25. The highest BCUT2D eigenvalue weighted by molar-refractivity contribution is 7.48. The van der Waals surface area contributed by atoms with E-state index in [9.17, 15) is 14.6 Å². The smallest absolute Gasteiger partial charge is 0.123 e. The molecule has 43 heavy (non-hydrogen) atoms. The lowest BCUT2D eigenvalue weighted by atomic mass is 9.85. The number of aromatic hydroxyl groups is 1. The fraction of sp³-hybridized carbons (Fsp3) is 0.231. The summed E-state index contributed by atoms with van der Waals surface area (Å²) in [5.41, 5.74) is 6.70. The molecule has 0 aliphatic heterocycles. The molecule has 0 bridgehead atoms. The van der Waals surface area contributed by atoms with Crippen LogP contribution in [0.3, 0.4) is 0 Å². The van der Waals surface area contributed by atoms with Crippen molar-refractivity contribution in [1.29, 1.82) is 0 Å². The van der Waals surface area contributed by atoms with Gasteiger partial charge in [-0.15, -0.1) is 0 Å². The van der Waals surface area contributed by atoms with E-state index in [1.807, 2.05) is 60.7 Å². The van der Waals surface area contributed by atoms with Gasteiger partial charge < -0.3 is 10.2 Å². The molecule has 0 radical (unpaired) electrons. The minimum Gasteiger partial charge on any atom is -0.507 e. The molecule has 5 aromatic carbocycles. The van der Waals surface area contributed by atoms with Crippen LogP contribution in [0.1, 0.15) is 78.2 Å². The number of aliphatic hydroxyl groups excluding tert-OH is 1. The molecule has 0 spiro atoms. The van der Waals surface area contributed by atoms with Crippen molar-refractivity contribution in [3.05, 3.63) is 166 Å². The number of benzene rings is 5. The molecule has 2 nitrogen and oxygen atoms in total. The van der Waals surface area contributed by atoms with Gasteiger partial charge in [0.2, 0.25) is 0 Å². The molecule has 0 heterocycles. The van der Waals surface area contributed by atoms with Gasteiger partial charge in [0, 0.05) is 17.1 Å². The zero-order valence-electron chi connectivity index (χ0n) is 24.9. The van der Waals surface area contributed by atoms with Gasteiger partial charge >= 0.3 is 0 Å². The van der Waals surface area contributed by atoms with E-state index in [2.05, 4.69) is 62.4 Å². The minimum absolute atomic E-state index is 0.221. The predicted octanol–water partition coefficient (Wildman–Crippen LogP) is 9.20. The monoisotopic (exact) mass is 590 g/mol. The summed E-state index contributed by atoms with van der Waals surface area (Å²) in [4.78, 5) is 0. The van der Waals surface area contributed by atoms with Gasteiger partial charge in [0.25, 0.3) is 0 Å². The van der Waals surface area contributed by atoms with Crippen LogP contribution in [0.2, 0.25) is 0 Å². The van der Waals surface area contributed by atoms with Crippen LogP contribution in [0.4, 0.5) is 4.39 Å². The van der Waals surface area contributed by atoms with Gasteiger partial charge in [-0.05, 0) is 70.1 Å². The van der Waals surface area contributed by atoms with Crippen molar-refractivity contribution in [1.82, 2.24) is 0 Å². The molecule has 0 saturated heterocycles. The normalized spacial score (nSPS) is 13.7. The molecule has 0 aromatic heterocycles. The Morgan fingerprint density at radius 1 is 0.721 bits per heavy atom. The standard InChI is InChI=1S/C39H40FO2P/c1-3-22-39(4-2,43-36-21-20-33(40)27-34(36)37(41)31-18-12-7-13-19-31)35-26-30(23-28-14-8-5-9-15-28)25-32(38(35)42)24-29-16-10-6-11-17-29/h5-21,25-27,37,41-43H,3-4,22-24H2,1-2H3. The summed E-state index contributed by atoms with van der Waals surface area (Å²) in [6, 6.07) is 39.2. The second-order valence-corrected chi connectivity index (χ2v) is 13.1. The Morgan fingerprint density at radius 3 is 1.93 bits per heavy atom. The molecule has 3 atom stereocenters. The summed E-state index contributed by atoms with van der Waals surface area (Å²) in [5.74, 6) is -0.0234. The second kappa shape index (κ2) is 14.1. The fourth-order valence-corrected chi connectivity index (χ4v) is 8.02. The fourth-order valence-electron chi connectivity index (χ4n) is 6.10. The Kier molecular flexibility index (Phi) is 10.1. The first kappa shape index (κ1) is 30.7. The third kappa shape index (κ3) is 7.24. The molecule has 4 heteroatoms. The third-order valence-corrected chi connectivity index (χ3v) is 10.4. The van der Waals surface area contributed by atoms with E-state index in [4.69, 9.17) is 0 Å². The summed E-state index contributed by atoms with van der Waals surface area (Å²) < 4.78 is 14.6. The van der Waals surface area contributed by atoms with E-state index in [-0.39, 0.29) is 19.6 Å². The maximum absolute atomic E-state index is 14.6. The molecular formula is C39H40FO2P. The van der Waals surface area contributed by atoms with Crippen molar-refractivity contribution in [2.45, 2.75) is 57.2 Å². The Bertz CT molecular complexity index is 1620. The number of rotatable bonds is 12. The average Bonchev–Trinajstić information content (AvgIpc) is 3.04. The van der Waals surface area contributed by atoms with E-state index >= 15 is 0 Å². The van der Waals surface area contributed by atoms with Crippen LogP contribution in [0.15, 0.2) is 121 Å². The summed E-state index contributed by atoms with van der Waals surface area (Å²) in [6.07, 6.45) is 3.03. The predicted molar refractivity (Wildman–Crippen MR) is 178 cm³/mol. The topological polar surface area (TPSA) is 40.5 Å². The maximum atomic E-state index is 14.6. The Labute approximate surface area is 257 Å². The number of aliphatic hydroxyl groups is 1. The van der Waals surface area contributed by atoms with Crippen molar-refractivity contribution in [3.8, 4) is 5.75 Å². The van der Waals surface area contributed by atoms with Crippen molar-refractivity contribution in [2.24, 2.45) is 0 Å². The largest absolute Gasteiger partial charge is 0.507 e. The molecule has 0 aliphatic rings. The van der Waals surface area contributed by atoms with E-state index < -0.39 is 6.10 Å². The second-order valence-electron chi connectivity index (χ2n) is 11.3. The lowest BCUT2D eigenvalue weighted by Gasteiger charge is -2.36. The molecule has 0 fully saturated rings. The SMILES string of the molecule is CCCC(CC)(Pc1ccc(F)cc1C(O)c1ccccc1)c1cc(Cc2ccccc2)cc(Cc2ccccc2)c1O. The van der Waals surface area contributed by atoms with Crippen LogP contribution in [0.25, 0.3) is 0 Å². The number of phenolic OH excluding ortho intramolecular Hbond substituents is 1. The molecule has 3 unspecified atom stereocenters. The van der Waals surface area contributed by atoms with Crippen LogP contribution < -0.4 is 5.30 Å². The highest BCUT2D eigenvalue weighted by Gasteiger charge is 2.35. The summed E-state index contributed by atoms with van der Waals surface area (Å²) in [6.45, 7) is 4.36. The first-order valence-corrected chi connectivity index (χ1v) is 16.2. The molecule has 220 valence electrons. The Balaban J connectivity index is 1.64. The Hall–Kier alpha value is -3.78. The van der Waals surface area contributed by atoms with Gasteiger partial charge in [-0.3, -0.25) is 0 Å². The van der Waals surface area contributed by atoms with Crippen molar-refractivity contribution >= 4 is 13.9 Å². The third-order valence-electron chi connectivity index (χ3n) is 8.33. The summed E-state index contributed by atoms with van der Waals surface area (Å²) >= 11 is 0. The van der Waals surface area contributed by atoms with E-state index in [0.29, 0.717) is 17.7 Å². The quantitative estimate of drug-likeness (QED) is 0.142. The van der Waals surface area contributed by atoms with Crippen molar-refractivity contribution in [2.75, 3.05) is 0 Å². The van der Waals surface area contributed by atoms with Crippen LogP contribution >= 0.6 is 8.58 Å². The van der Waals surface area contributed by atoms with Gasteiger partial charge in [-0.1, -0.05) is 138 Å².